The molecule has 0 aliphatic carbocycles. The lowest BCUT2D eigenvalue weighted by molar-refractivity contribution is 0.100. The molecule has 1 aromatic carbocycles. The highest BCUT2D eigenvalue weighted by Gasteiger charge is 2.05. The topological polar surface area (TPSA) is 65.8 Å². The van der Waals surface area contributed by atoms with Crippen LogP contribution in [0.5, 0.6) is 0 Å². The van der Waals surface area contributed by atoms with Crippen LogP contribution in [-0.4, -0.2) is 20.2 Å². The van der Waals surface area contributed by atoms with Crippen molar-refractivity contribution in [3.05, 3.63) is 40.3 Å². The summed E-state index contributed by atoms with van der Waals surface area (Å²) in [5, 5.41) is 3.16. The van der Waals surface area contributed by atoms with Gasteiger partial charge in [0.2, 0.25) is 0 Å². The Labute approximate surface area is 76.6 Å². The zero-order valence-corrected chi connectivity index (χ0v) is 6.84. The van der Waals surface area contributed by atoms with Crippen molar-refractivity contribution in [3.8, 4) is 0 Å². The summed E-state index contributed by atoms with van der Waals surface area (Å²) in [6, 6.07) is 6.67. The van der Waals surface area contributed by atoms with E-state index in [1.54, 1.807) is 24.3 Å². The number of hydrogen-bond donors (Lipinski definition) is 0. The normalized spacial score (nSPS) is 8.92. The molecule has 0 saturated heterocycles. The minimum absolute atomic E-state index is 0.190. The van der Waals surface area contributed by atoms with Crippen LogP contribution in [-0.2, 0) is 0 Å². The van der Waals surface area contributed by atoms with Crippen LogP contribution in [0.3, 0.4) is 0 Å². The van der Waals surface area contributed by atoms with Crippen molar-refractivity contribution < 1.29 is 4.79 Å². The van der Waals surface area contributed by atoms with E-state index in [9.17, 15) is 4.79 Å². The van der Waals surface area contributed by atoms with Crippen molar-refractivity contribution in [1.29, 1.82) is 0 Å². The zero-order valence-electron chi connectivity index (χ0n) is 6.84. The van der Waals surface area contributed by atoms with Gasteiger partial charge in [0.25, 0.3) is 0 Å². The number of carbonyl (C=O) groups excluding carboxylic acids is 1. The highest BCUT2D eigenvalue weighted by atomic mass is 16.1. The summed E-state index contributed by atoms with van der Waals surface area (Å²) >= 11 is 0. The Morgan fingerprint density at radius 3 is 2.85 bits per heavy atom. The Kier molecular flexibility index (Phi) is 3.12. The molecular formula is C8H6BN3O. The lowest BCUT2D eigenvalue weighted by atomic mass is 9.89. The molecule has 0 unspecified atom stereocenters. The third-order valence-corrected chi connectivity index (χ3v) is 1.54. The molecular weight excluding hydrogens is 165 g/mol. The van der Waals surface area contributed by atoms with E-state index in [1.807, 2.05) is 0 Å². The average Bonchev–Trinajstić information content (AvgIpc) is 2.15. The number of hydrogen-bond acceptors (Lipinski definition) is 2. The minimum atomic E-state index is -0.268. The Hall–Kier alpha value is -1.74. The third kappa shape index (κ3) is 2.35. The molecule has 0 heterocycles. The van der Waals surface area contributed by atoms with Gasteiger partial charge in [0, 0.05) is 10.5 Å². The highest BCUT2D eigenvalue weighted by molar-refractivity contribution is 6.36. The monoisotopic (exact) mass is 171 g/mol. The Morgan fingerprint density at radius 2 is 2.23 bits per heavy atom. The van der Waals surface area contributed by atoms with Crippen LogP contribution in [0.25, 0.3) is 10.4 Å². The van der Waals surface area contributed by atoms with E-state index < -0.39 is 0 Å². The van der Waals surface area contributed by atoms with Crippen molar-refractivity contribution in [2.24, 2.45) is 5.11 Å². The van der Waals surface area contributed by atoms with Gasteiger partial charge in [-0.1, -0.05) is 34.8 Å². The summed E-state index contributed by atoms with van der Waals surface area (Å²) < 4.78 is 0. The number of azide groups is 1. The van der Waals surface area contributed by atoms with Gasteiger partial charge in [-0.25, -0.2) is 0 Å². The van der Waals surface area contributed by atoms with Crippen molar-refractivity contribution in [2.75, 3.05) is 6.54 Å². The van der Waals surface area contributed by atoms with Gasteiger partial charge >= 0.3 is 0 Å². The molecule has 5 heteroatoms. The van der Waals surface area contributed by atoms with E-state index in [4.69, 9.17) is 13.4 Å². The molecule has 1 rings (SSSR count). The molecule has 0 atom stereocenters. The predicted molar refractivity (Wildman–Crippen MR) is 50.2 cm³/mol. The molecule has 0 fully saturated rings. The fourth-order valence-electron chi connectivity index (χ4n) is 0.932. The Bertz CT molecular complexity index is 371. The first kappa shape index (κ1) is 9.35. The second kappa shape index (κ2) is 4.33. The van der Waals surface area contributed by atoms with E-state index in [-0.39, 0.29) is 12.3 Å². The molecule has 13 heavy (non-hydrogen) atoms. The average molecular weight is 171 g/mol. The molecule has 0 spiro atoms. The Morgan fingerprint density at radius 1 is 1.54 bits per heavy atom. The van der Waals surface area contributed by atoms with Crippen LogP contribution in [0.2, 0.25) is 0 Å². The van der Waals surface area contributed by atoms with Gasteiger partial charge in [0.15, 0.2) is 5.78 Å². The van der Waals surface area contributed by atoms with Crippen LogP contribution in [0, 0.1) is 0 Å². The van der Waals surface area contributed by atoms with E-state index in [1.165, 1.54) is 0 Å². The zero-order chi connectivity index (χ0) is 9.68. The molecule has 2 radical (unpaired) electrons. The molecule has 0 saturated carbocycles. The van der Waals surface area contributed by atoms with Crippen molar-refractivity contribution in [2.45, 2.75) is 0 Å². The van der Waals surface area contributed by atoms with E-state index in [0.29, 0.717) is 11.0 Å². The van der Waals surface area contributed by atoms with E-state index in [2.05, 4.69) is 10.0 Å². The number of nitrogens with zero attached hydrogens (tertiary/aromatic N) is 3. The first-order valence-corrected chi connectivity index (χ1v) is 3.64. The molecule has 0 aliphatic rings. The molecule has 4 nitrogen and oxygen atoms in total. The van der Waals surface area contributed by atoms with Crippen LogP contribution in [0.1, 0.15) is 10.4 Å². The summed E-state index contributed by atoms with van der Waals surface area (Å²) in [7, 11) is 5.54. The van der Waals surface area contributed by atoms with Gasteiger partial charge in [-0.3, -0.25) is 4.79 Å². The first-order valence-electron chi connectivity index (χ1n) is 3.64. The van der Waals surface area contributed by atoms with Crippen LogP contribution >= 0.6 is 0 Å². The second-order valence-electron chi connectivity index (χ2n) is 2.40. The fraction of sp³-hybridized carbons (Fsp3) is 0.125. The van der Waals surface area contributed by atoms with Crippen molar-refractivity contribution in [1.82, 2.24) is 0 Å². The summed E-state index contributed by atoms with van der Waals surface area (Å²) in [6.45, 7) is -0.190. The maximum atomic E-state index is 11.3. The van der Waals surface area contributed by atoms with Gasteiger partial charge in [-0.15, -0.1) is 0 Å². The molecule has 0 bridgehead atoms. The maximum absolute atomic E-state index is 11.3. The number of carbonyl (C=O) groups is 1. The van der Waals surface area contributed by atoms with Crippen LogP contribution < -0.4 is 5.46 Å². The first-order chi connectivity index (χ1) is 6.25. The van der Waals surface area contributed by atoms with Gasteiger partial charge in [-0.05, 0) is 5.53 Å². The largest absolute Gasteiger partial charge is 0.294 e. The third-order valence-electron chi connectivity index (χ3n) is 1.54. The SMILES string of the molecule is [B]c1ccccc1C(=O)CN=[N+]=[N-]. The minimum Gasteiger partial charge on any atom is -0.294 e. The second-order valence-corrected chi connectivity index (χ2v) is 2.40. The molecule has 0 amide bonds. The van der Waals surface area contributed by atoms with E-state index in [0.717, 1.165) is 0 Å². The van der Waals surface area contributed by atoms with Gasteiger partial charge in [-0.2, -0.15) is 0 Å². The lowest BCUT2D eigenvalue weighted by Gasteiger charge is -2.00. The number of ketones is 1. The fourth-order valence-corrected chi connectivity index (χ4v) is 0.932. The summed E-state index contributed by atoms with van der Waals surface area (Å²) in [4.78, 5) is 13.8. The summed E-state index contributed by atoms with van der Waals surface area (Å²) in [5.41, 5.74) is 8.81. The number of benzene rings is 1. The summed E-state index contributed by atoms with van der Waals surface area (Å²) in [5.74, 6) is -0.268. The summed E-state index contributed by atoms with van der Waals surface area (Å²) in [6.07, 6.45) is 0. The van der Waals surface area contributed by atoms with E-state index >= 15 is 0 Å². The number of Topliss-reactive ketones (excluding diaryl/α,β-unsaturated/α-hetero) is 1. The van der Waals surface area contributed by atoms with Gasteiger partial charge < -0.3 is 0 Å². The smallest absolute Gasteiger partial charge is 0.168 e. The molecule has 1 aromatic rings. The molecule has 0 aromatic heterocycles. The lowest BCUT2D eigenvalue weighted by Crippen LogP contribution is -2.16. The van der Waals surface area contributed by atoms with Crippen LogP contribution in [0.4, 0.5) is 0 Å². The van der Waals surface area contributed by atoms with Crippen molar-refractivity contribution in [3.63, 3.8) is 0 Å². The van der Waals surface area contributed by atoms with Crippen molar-refractivity contribution >= 4 is 19.1 Å². The predicted octanol–water partition coefficient (Wildman–Crippen LogP) is 0.973. The standard InChI is InChI=1S/C8H6BN3O/c9-7-4-2-1-3-6(7)8(13)5-11-12-10/h1-4H,5H2. The number of rotatable bonds is 3. The quantitative estimate of drug-likeness (QED) is 0.219. The maximum Gasteiger partial charge on any atom is 0.168 e. The molecule has 0 N–H and O–H groups in total. The highest BCUT2D eigenvalue weighted by Crippen LogP contribution is 1.96. The van der Waals surface area contributed by atoms with Gasteiger partial charge in [0.05, 0.1) is 6.54 Å². The molecule has 62 valence electrons. The van der Waals surface area contributed by atoms with Gasteiger partial charge in [0.1, 0.15) is 7.85 Å². The van der Waals surface area contributed by atoms with Crippen LogP contribution in [0.15, 0.2) is 29.4 Å². The molecule has 0 aliphatic heterocycles. The Balaban J connectivity index is 2.88.